The predicted molar refractivity (Wildman–Crippen MR) is 141 cm³/mol. The molecule has 6 nitrogen and oxygen atoms in total. The van der Waals surface area contributed by atoms with Crippen LogP contribution in [-0.4, -0.2) is 30.6 Å². The van der Waals surface area contributed by atoms with E-state index in [9.17, 15) is 9.90 Å². The smallest absolute Gasteiger partial charge is 0.312 e. The lowest BCUT2D eigenvalue weighted by molar-refractivity contribution is -0.149. The van der Waals surface area contributed by atoms with Crippen molar-refractivity contribution in [1.29, 1.82) is 0 Å². The quantitative estimate of drug-likeness (QED) is 0.254. The van der Waals surface area contributed by atoms with E-state index in [1.165, 1.54) is 0 Å². The van der Waals surface area contributed by atoms with Crippen molar-refractivity contribution in [3.8, 4) is 11.5 Å². The van der Waals surface area contributed by atoms with E-state index in [1.54, 1.807) is 18.2 Å². The molecule has 1 saturated heterocycles. The van der Waals surface area contributed by atoms with Gasteiger partial charge in [-0.1, -0.05) is 97.1 Å². The number of hydrogen-bond donors (Lipinski definition) is 1. The first kappa shape index (κ1) is 24.2. The molecule has 1 fully saturated rings. The summed E-state index contributed by atoms with van der Waals surface area (Å²) in [6, 6.07) is 35.4. The van der Waals surface area contributed by atoms with Gasteiger partial charge in [-0.2, -0.15) is 0 Å². The van der Waals surface area contributed by atoms with Gasteiger partial charge in [-0.15, -0.1) is 0 Å². The average Bonchev–Trinajstić information content (AvgIpc) is 3.60. The molecule has 0 saturated carbocycles. The van der Waals surface area contributed by atoms with Crippen LogP contribution >= 0.6 is 0 Å². The summed E-state index contributed by atoms with van der Waals surface area (Å²) in [5, 5.41) is 11.1. The standard InChI is InChI=1S/C32H28O6/c33-30(22-16-17-28-29(18-22)36-21-35-28)27-19-26(38-31(27)34)20-37-32(23-10-4-1-5-11-23,24-12-6-2-7-13-24)25-14-8-3-9-15-25/h1-18,26-27,30,33H,19-21H2/t26-,27-,30-/m0/s1. The molecule has 1 N–H and O–H groups in total. The first-order valence-electron chi connectivity index (χ1n) is 12.7. The molecule has 0 radical (unpaired) electrons. The van der Waals surface area contributed by atoms with E-state index in [1.807, 2.05) is 91.0 Å². The van der Waals surface area contributed by atoms with Crippen LogP contribution in [0.5, 0.6) is 11.5 Å². The molecule has 4 aromatic rings. The van der Waals surface area contributed by atoms with E-state index in [0.29, 0.717) is 23.5 Å². The maximum Gasteiger partial charge on any atom is 0.312 e. The number of esters is 1. The highest BCUT2D eigenvalue weighted by Crippen LogP contribution is 2.42. The first-order valence-corrected chi connectivity index (χ1v) is 12.7. The van der Waals surface area contributed by atoms with Crippen molar-refractivity contribution >= 4 is 5.97 Å². The Bertz CT molecular complexity index is 1290. The van der Waals surface area contributed by atoms with Gasteiger partial charge in [0, 0.05) is 6.42 Å². The van der Waals surface area contributed by atoms with E-state index in [0.717, 1.165) is 16.7 Å². The van der Waals surface area contributed by atoms with Gasteiger partial charge in [0.1, 0.15) is 11.7 Å². The van der Waals surface area contributed by atoms with Crippen LogP contribution in [0, 0.1) is 5.92 Å². The lowest BCUT2D eigenvalue weighted by Gasteiger charge is -2.36. The van der Waals surface area contributed by atoms with E-state index in [2.05, 4.69) is 0 Å². The van der Waals surface area contributed by atoms with E-state index < -0.39 is 29.7 Å². The predicted octanol–water partition coefficient (Wildman–Crippen LogP) is 5.39. The molecule has 3 atom stereocenters. The SMILES string of the molecule is O=C1O[C@H](COC(c2ccccc2)(c2ccccc2)c2ccccc2)C[C@H]1[C@@H](O)c1ccc2c(c1)OCO2. The number of rotatable bonds is 8. The zero-order chi connectivity index (χ0) is 26.0. The highest BCUT2D eigenvalue weighted by molar-refractivity contribution is 5.75. The Balaban J connectivity index is 1.28. The van der Waals surface area contributed by atoms with Gasteiger partial charge in [-0.3, -0.25) is 4.79 Å². The molecule has 2 aliphatic heterocycles. The second-order valence-corrected chi connectivity index (χ2v) is 9.55. The molecule has 0 aliphatic carbocycles. The molecule has 0 spiro atoms. The fraction of sp³-hybridized carbons (Fsp3) is 0.219. The van der Waals surface area contributed by atoms with Gasteiger partial charge in [0.2, 0.25) is 6.79 Å². The third kappa shape index (κ3) is 4.42. The molecule has 2 heterocycles. The molecule has 0 unspecified atom stereocenters. The van der Waals surface area contributed by atoms with Gasteiger partial charge in [0.05, 0.1) is 18.6 Å². The Labute approximate surface area is 221 Å². The molecular formula is C32H28O6. The van der Waals surface area contributed by atoms with Crippen LogP contribution in [0.15, 0.2) is 109 Å². The highest BCUT2D eigenvalue weighted by atomic mass is 16.7. The van der Waals surface area contributed by atoms with Crippen molar-refractivity contribution < 1.29 is 28.8 Å². The number of carbonyl (C=O) groups excluding carboxylic acids is 1. The number of hydrogen-bond acceptors (Lipinski definition) is 6. The molecule has 0 bridgehead atoms. The van der Waals surface area contributed by atoms with Crippen LogP contribution in [0.25, 0.3) is 0 Å². The summed E-state index contributed by atoms with van der Waals surface area (Å²) in [7, 11) is 0. The molecule has 0 aromatic heterocycles. The van der Waals surface area contributed by atoms with Crippen molar-refractivity contribution in [3.63, 3.8) is 0 Å². The number of benzene rings is 4. The second-order valence-electron chi connectivity index (χ2n) is 9.55. The molecule has 192 valence electrons. The minimum absolute atomic E-state index is 0.145. The number of fused-ring (bicyclic) bond motifs is 1. The molecule has 4 aromatic carbocycles. The van der Waals surface area contributed by atoms with Crippen molar-refractivity contribution in [2.75, 3.05) is 13.4 Å². The van der Waals surface area contributed by atoms with Crippen molar-refractivity contribution in [1.82, 2.24) is 0 Å². The van der Waals surface area contributed by atoms with Crippen LogP contribution < -0.4 is 9.47 Å². The Kier molecular flexibility index (Phi) is 6.58. The fourth-order valence-corrected chi connectivity index (χ4v) is 5.36. The lowest BCUT2D eigenvalue weighted by atomic mass is 9.80. The van der Waals surface area contributed by atoms with Gasteiger partial charge >= 0.3 is 5.97 Å². The summed E-state index contributed by atoms with van der Waals surface area (Å²) >= 11 is 0. The van der Waals surface area contributed by atoms with Crippen molar-refractivity contribution in [3.05, 3.63) is 131 Å². The summed E-state index contributed by atoms with van der Waals surface area (Å²) in [5.74, 6) is 0.0449. The molecular weight excluding hydrogens is 480 g/mol. The van der Waals surface area contributed by atoms with Crippen LogP contribution in [0.2, 0.25) is 0 Å². The van der Waals surface area contributed by atoms with E-state index in [-0.39, 0.29) is 13.4 Å². The number of aliphatic hydroxyl groups is 1. The zero-order valence-corrected chi connectivity index (χ0v) is 20.7. The number of aliphatic hydroxyl groups excluding tert-OH is 1. The van der Waals surface area contributed by atoms with Crippen molar-refractivity contribution in [2.45, 2.75) is 24.2 Å². The fourth-order valence-electron chi connectivity index (χ4n) is 5.36. The molecule has 6 rings (SSSR count). The summed E-state index contributed by atoms with van der Waals surface area (Å²) in [6.07, 6.45) is -1.20. The minimum atomic E-state index is -1.02. The Morgan fingerprint density at radius 2 is 1.34 bits per heavy atom. The van der Waals surface area contributed by atoms with Gasteiger partial charge < -0.3 is 24.1 Å². The minimum Gasteiger partial charge on any atom is -0.460 e. The molecule has 6 heteroatoms. The maximum atomic E-state index is 12.9. The lowest BCUT2D eigenvalue weighted by Crippen LogP contribution is -2.35. The number of carbonyl (C=O) groups is 1. The highest BCUT2D eigenvalue weighted by Gasteiger charge is 2.43. The van der Waals surface area contributed by atoms with Gasteiger partial charge in [-0.25, -0.2) is 0 Å². The summed E-state index contributed by atoms with van der Waals surface area (Å²) in [5.41, 5.74) is 2.59. The zero-order valence-electron chi connectivity index (χ0n) is 20.7. The second kappa shape index (κ2) is 10.3. The number of ether oxygens (including phenoxy) is 4. The Morgan fingerprint density at radius 3 is 1.92 bits per heavy atom. The largest absolute Gasteiger partial charge is 0.460 e. The van der Waals surface area contributed by atoms with Gasteiger partial charge in [-0.05, 0) is 34.4 Å². The Hall–Kier alpha value is -4.13. The summed E-state index contributed by atoms with van der Waals surface area (Å²) < 4.78 is 23.3. The number of cyclic esters (lactones) is 1. The first-order chi connectivity index (χ1) is 18.6. The monoisotopic (exact) mass is 508 g/mol. The van der Waals surface area contributed by atoms with Gasteiger partial charge in [0.15, 0.2) is 11.5 Å². The topological polar surface area (TPSA) is 74.2 Å². The van der Waals surface area contributed by atoms with Crippen LogP contribution in [0.1, 0.15) is 34.8 Å². The van der Waals surface area contributed by atoms with Crippen LogP contribution in [0.4, 0.5) is 0 Å². The van der Waals surface area contributed by atoms with Crippen molar-refractivity contribution in [2.24, 2.45) is 5.92 Å². The van der Waals surface area contributed by atoms with E-state index in [4.69, 9.17) is 18.9 Å². The third-order valence-corrected chi connectivity index (χ3v) is 7.25. The third-order valence-electron chi connectivity index (χ3n) is 7.25. The average molecular weight is 509 g/mol. The Morgan fingerprint density at radius 1 is 0.789 bits per heavy atom. The van der Waals surface area contributed by atoms with Gasteiger partial charge in [0.25, 0.3) is 0 Å². The molecule has 0 amide bonds. The van der Waals surface area contributed by atoms with Crippen LogP contribution in [0.3, 0.4) is 0 Å². The van der Waals surface area contributed by atoms with E-state index >= 15 is 0 Å². The molecule has 38 heavy (non-hydrogen) atoms. The molecule has 2 aliphatic rings. The summed E-state index contributed by atoms with van der Waals surface area (Å²) in [4.78, 5) is 12.9. The maximum absolute atomic E-state index is 12.9. The van der Waals surface area contributed by atoms with Crippen LogP contribution in [-0.2, 0) is 19.9 Å². The summed E-state index contributed by atoms with van der Waals surface area (Å²) in [6.45, 7) is 0.306. The normalized spacial score (nSPS) is 19.2.